The maximum atomic E-state index is 12.3. The normalized spacial score (nSPS) is 11.9. The Bertz CT molecular complexity index is 767. The van der Waals surface area contributed by atoms with E-state index in [-0.39, 0.29) is 11.9 Å². The number of hydrogen-bond donors (Lipinski definition) is 1. The summed E-state index contributed by atoms with van der Waals surface area (Å²) < 4.78 is 5.30. The molecule has 0 fully saturated rings. The van der Waals surface area contributed by atoms with Crippen molar-refractivity contribution in [3.63, 3.8) is 0 Å². The summed E-state index contributed by atoms with van der Waals surface area (Å²) in [5.74, 6) is 1.98. The quantitative estimate of drug-likeness (QED) is 0.595. The lowest BCUT2D eigenvalue weighted by atomic mass is 10.0. The van der Waals surface area contributed by atoms with Crippen LogP contribution in [0.1, 0.15) is 36.1 Å². The van der Waals surface area contributed by atoms with Crippen LogP contribution in [0.25, 0.3) is 0 Å². The van der Waals surface area contributed by atoms with Crippen LogP contribution in [0.15, 0.2) is 36.4 Å². The summed E-state index contributed by atoms with van der Waals surface area (Å²) in [6.07, 6.45) is 0.828. The summed E-state index contributed by atoms with van der Waals surface area (Å²) in [5.41, 5.74) is 3.20. The Kier molecular flexibility index (Phi) is 8.14. The number of thioether (sulfide) groups is 1. The van der Waals surface area contributed by atoms with E-state index in [0.29, 0.717) is 21.6 Å². The average molecular weight is 412 g/mol. The molecule has 1 N–H and O–H groups in total. The third-order valence-corrected chi connectivity index (χ3v) is 5.79. The first-order valence-corrected chi connectivity index (χ1v) is 10.3. The van der Waals surface area contributed by atoms with E-state index in [4.69, 9.17) is 27.9 Å². The van der Waals surface area contributed by atoms with E-state index in [1.54, 1.807) is 24.9 Å². The summed E-state index contributed by atoms with van der Waals surface area (Å²) in [4.78, 5) is 12.3. The molecule has 0 radical (unpaired) electrons. The Labute approximate surface area is 169 Å². The molecule has 3 nitrogen and oxygen atoms in total. The molecule has 2 aromatic carbocycles. The molecule has 0 aromatic heterocycles. The smallest absolute Gasteiger partial charge is 0.230 e. The second-order valence-electron chi connectivity index (χ2n) is 6.00. The molecule has 1 atom stereocenters. The Morgan fingerprint density at radius 2 is 1.96 bits per heavy atom. The van der Waals surface area contributed by atoms with Gasteiger partial charge in [0.15, 0.2) is 0 Å². The van der Waals surface area contributed by atoms with Crippen molar-refractivity contribution in [3.8, 4) is 5.75 Å². The molecule has 140 valence electrons. The van der Waals surface area contributed by atoms with Crippen LogP contribution in [-0.2, 0) is 10.5 Å². The fourth-order valence-corrected chi connectivity index (χ4v) is 3.77. The number of ether oxygens (including phenoxy) is 1. The highest BCUT2D eigenvalue weighted by molar-refractivity contribution is 7.99. The summed E-state index contributed by atoms with van der Waals surface area (Å²) in [6.45, 7) is 4.07. The molecule has 0 unspecified atom stereocenters. The molecule has 0 heterocycles. The summed E-state index contributed by atoms with van der Waals surface area (Å²) in [6, 6.07) is 11.5. The van der Waals surface area contributed by atoms with Crippen molar-refractivity contribution < 1.29 is 9.53 Å². The minimum atomic E-state index is -0.00215. The van der Waals surface area contributed by atoms with Gasteiger partial charge in [0.1, 0.15) is 5.75 Å². The van der Waals surface area contributed by atoms with Crippen LogP contribution in [0.4, 0.5) is 0 Å². The van der Waals surface area contributed by atoms with Gasteiger partial charge in [-0.3, -0.25) is 4.79 Å². The second kappa shape index (κ2) is 10.1. The number of carbonyl (C=O) groups is 1. The van der Waals surface area contributed by atoms with E-state index >= 15 is 0 Å². The molecule has 0 bridgehead atoms. The lowest BCUT2D eigenvalue weighted by molar-refractivity contribution is -0.119. The third kappa shape index (κ3) is 5.83. The highest BCUT2D eigenvalue weighted by Gasteiger charge is 2.14. The van der Waals surface area contributed by atoms with Gasteiger partial charge in [-0.05, 0) is 48.2 Å². The standard InChI is InChI=1S/C20H23Cl2NO2S/c1-4-18(15-6-8-19(25-3)13(2)9-15)23-20(24)12-26-11-14-5-7-16(21)17(22)10-14/h5-10,18H,4,11-12H2,1-3H3,(H,23,24)/t18-/m0/s1. The van der Waals surface area contributed by atoms with Crippen molar-refractivity contribution in [1.29, 1.82) is 0 Å². The number of methoxy groups -OCH3 is 1. The van der Waals surface area contributed by atoms with Crippen molar-refractivity contribution in [2.75, 3.05) is 12.9 Å². The highest BCUT2D eigenvalue weighted by Crippen LogP contribution is 2.26. The number of hydrogen-bond acceptors (Lipinski definition) is 3. The molecule has 2 aromatic rings. The first-order valence-electron chi connectivity index (χ1n) is 8.40. The molecule has 0 saturated carbocycles. The van der Waals surface area contributed by atoms with E-state index in [0.717, 1.165) is 28.9 Å². The number of rotatable bonds is 8. The second-order valence-corrected chi connectivity index (χ2v) is 7.80. The summed E-state index contributed by atoms with van der Waals surface area (Å²) >= 11 is 13.5. The molecule has 0 saturated heterocycles. The van der Waals surface area contributed by atoms with Crippen LogP contribution in [0.3, 0.4) is 0 Å². The van der Waals surface area contributed by atoms with Gasteiger partial charge in [-0.2, -0.15) is 0 Å². The SMILES string of the molecule is CC[C@H](NC(=O)CSCc1ccc(Cl)c(Cl)c1)c1ccc(OC)c(C)c1. The summed E-state index contributed by atoms with van der Waals surface area (Å²) in [5, 5.41) is 4.18. The van der Waals surface area contributed by atoms with Gasteiger partial charge in [-0.25, -0.2) is 0 Å². The number of benzene rings is 2. The molecule has 0 aliphatic heterocycles. The fourth-order valence-electron chi connectivity index (χ4n) is 2.67. The molecule has 1 amide bonds. The van der Waals surface area contributed by atoms with Gasteiger partial charge in [0, 0.05) is 5.75 Å². The number of nitrogens with one attached hydrogen (secondary N) is 1. The molecule has 0 aliphatic rings. The van der Waals surface area contributed by atoms with Crippen molar-refractivity contribution in [3.05, 3.63) is 63.1 Å². The molecular weight excluding hydrogens is 389 g/mol. The zero-order chi connectivity index (χ0) is 19.1. The van der Waals surface area contributed by atoms with Crippen LogP contribution in [-0.4, -0.2) is 18.8 Å². The van der Waals surface area contributed by atoms with E-state index in [2.05, 4.69) is 18.3 Å². The van der Waals surface area contributed by atoms with Crippen LogP contribution >= 0.6 is 35.0 Å². The zero-order valence-corrected chi connectivity index (χ0v) is 17.5. The Hall–Kier alpha value is -1.36. The first kappa shape index (κ1) is 20.9. The molecule has 0 aliphatic carbocycles. The van der Waals surface area contributed by atoms with E-state index < -0.39 is 0 Å². The van der Waals surface area contributed by atoms with Crippen LogP contribution < -0.4 is 10.1 Å². The van der Waals surface area contributed by atoms with Crippen molar-refractivity contribution in [2.24, 2.45) is 0 Å². The van der Waals surface area contributed by atoms with Crippen molar-refractivity contribution in [1.82, 2.24) is 5.32 Å². The van der Waals surface area contributed by atoms with Gasteiger partial charge in [0.05, 0.1) is 28.9 Å². The molecule has 6 heteroatoms. The predicted octanol–water partition coefficient (Wildman–Crippen LogP) is 5.81. The topological polar surface area (TPSA) is 38.3 Å². The first-order chi connectivity index (χ1) is 12.4. The van der Waals surface area contributed by atoms with Crippen LogP contribution in [0.5, 0.6) is 5.75 Å². The van der Waals surface area contributed by atoms with Gasteiger partial charge in [-0.1, -0.05) is 48.3 Å². The molecule has 0 spiro atoms. The van der Waals surface area contributed by atoms with E-state index in [1.165, 1.54) is 0 Å². The van der Waals surface area contributed by atoms with Crippen LogP contribution in [0, 0.1) is 6.92 Å². The number of halogens is 2. The predicted molar refractivity (Wildman–Crippen MR) is 112 cm³/mol. The van der Waals surface area contributed by atoms with Crippen LogP contribution in [0.2, 0.25) is 10.0 Å². The average Bonchev–Trinajstić information content (AvgIpc) is 2.62. The Morgan fingerprint density at radius 1 is 1.19 bits per heavy atom. The Morgan fingerprint density at radius 3 is 2.58 bits per heavy atom. The monoisotopic (exact) mass is 411 g/mol. The lowest BCUT2D eigenvalue weighted by Gasteiger charge is -2.19. The van der Waals surface area contributed by atoms with Gasteiger partial charge in [-0.15, -0.1) is 11.8 Å². The largest absolute Gasteiger partial charge is 0.496 e. The van der Waals surface area contributed by atoms with Gasteiger partial charge < -0.3 is 10.1 Å². The van der Waals surface area contributed by atoms with Gasteiger partial charge >= 0.3 is 0 Å². The number of amides is 1. The van der Waals surface area contributed by atoms with Crippen molar-refractivity contribution >= 4 is 40.9 Å². The van der Waals surface area contributed by atoms with Crippen molar-refractivity contribution in [2.45, 2.75) is 32.1 Å². The van der Waals surface area contributed by atoms with E-state index in [9.17, 15) is 4.79 Å². The zero-order valence-electron chi connectivity index (χ0n) is 15.1. The fraction of sp³-hybridized carbons (Fsp3) is 0.350. The maximum Gasteiger partial charge on any atom is 0.230 e. The van der Waals surface area contributed by atoms with Gasteiger partial charge in [0.25, 0.3) is 0 Å². The maximum absolute atomic E-state index is 12.3. The molecule has 26 heavy (non-hydrogen) atoms. The Balaban J connectivity index is 1.88. The highest BCUT2D eigenvalue weighted by atomic mass is 35.5. The van der Waals surface area contributed by atoms with Gasteiger partial charge in [0.2, 0.25) is 5.91 Å². The van der Waals surface area contributed by atoms with E-state index in [1.807, 2.05) is 31.2 Å². The molecule has 2 rings (SSSR count). The minimum absolute atomic E-state index is 0.00215. The minimum Gasteiger partial charge on any atom is -0.496 e. The molecular formula is C20H23Cl2NO2S. The summed E-state index contributed by atoms with van der Waals surface area (Å²) in [7, 11) is 1.66. The number of carbonyl (C=O) groups excluding carboxylic acids is 1. The lowest BCUT2D eigenvalue weighted by Crippen LogP contribution is -2.29. The third-order valence-electron chi connectivity index (χ3n) is 4.05. The number of aryl methyl sites for hydroxylation is 1.